The first-order valence-corrected chi connectivity index (χ1v) is 9.56. The van der Waals surface area contributed by atoms with Crippen LogP contribution in [0.25, 0.3) is 0 Å². The van der Waals surface area contributed by atoms with E-state index >= 15 is 0 Å². The Morgan fingerprint density at radius 2 is 1.21 bits per heavy atom. The molecule has 4 rings (SSSR count). The van der Waals surface area contributed by atoms with Crippen molar-refractivity contribution in [3.63, 3.8) is 0 Å². The average molecular weight is 397 g/mol. The Morgan fingerprint density at radius 3 is 1.69 bits per heavy atom. The molecule has 0 bridgehead atoms. The summed E-state index contributed by atoms with van der Waals surface area (Å²) >= 11 is 0. The predicted molar refractivity (Wildman–Crippen MR) is 109 cm³/mol. The summed E-state index contributed by atoms with van der Waals surface area (Å²) in [6.45, 7) is 2.64. The summed E-state index contributed by atoms with van der Waals surface area (Å²) in [4.78, 5) is 4.25. The van der Waals surface area contributed by atoms with Crippen molar-refractivity contribution in [2.75, 3.05) is 36.8 Å². The third-order valence-corrected chi connectivity index (χ3v) is 5.36. The molecule has 6 heteroatoms. The van der Waals surface area contributed by atoms with Gasteiger partial charge in [0.2, 0.25) is 0 Å². The van der Waals surface area contributed by atoms with E-state index in [9.17, 15) is 13.2 Å². The average Bonchev–Trinajstić information content (AvgIpc) is 2.72. The minimum Gasteiger partial charge on any atom is -0.399 e. The highest BCUT2D eigenvalue weighted by Gasteiger charge is 2.27. The van der Waals surface area contributed by atoms with Crippen LogP contribution in [-0.4, -0.2) is 31.1 Å². The zero-order valence-electron chi connectivity index (χ0n) is 15.9. The molecule has 0 atom stereocenters. The number of halogens is 3. The fourth-order valence-corrected chi connectivity index (χ4v) is 3.90. The number of benzene rings is 3. The van der Waals surface area contributed by atoms with Crippen LogP contribution in [0.15, 0.2) is 66.7 Å². The zero-order chi connectivity index (χ0) is 20.4. The van der Waals surface area contributed by atoms with Gasteiger partial charge in [-0.2, -0.15) is 0 Å². The van der Waals surface area contributed by atoms with Crippen LogP contribution in [0.4, 0.5) is 24.5 Å². The molecular weight excluding hydrogens is 375 g/mol. The van der Waals surface area contributed by atoms with E-state index in [0.29, 0.717) is 37.6 Å². The summed E-state index contributed by atoms with van der Waals surface area (Å²) in [6, 6.07) is 17.4. The number of nitrogens with zero attached hydrogens (tertiary/aromatic N) is 2. The highest BCUT2D eigenvalue weighted by molar-refractivity contribution is 5.54. The van der Waals surface area contributed by atoms with Crippen molar-refractivity contribution in [2.45, 2.75) is 6.04 Å². The number of hydrogen-bond donors (Lipinski definition) is 1. The summed E-state index contributed by atoms with van der Waals surface area (Å²) in [6.07, 6.45) is 0. The molecule has 0 saturated carbocycles. The predicted octanol–water partition coefficient (Wildman–Crippen LogP) is 4.60. The molecule has 3 aromatic carbocycles. The summed E-state index contributed by atoms with van der Waals surface area (Å²) in [5, 5.41) is 0. The molecule has 1 aliphatic rings. The topological polar surface area (TPSA) is 32.5 Å². The molecule has 3 aromatic rings. The molecule has 1 heterocycles. The first-order chi connectivity index (χ1) is 14.0. The Hall–Kier alpha value is -2.99. The van der Waals surface area contributed by atoms with E-state index in [2.05, 4.69) is 4.90 Å². The second-order valence-corrected chi connectivity index (χ2v) is 7.24. The van der Waals surface area contributed by atoms with Crippen molar-refractivity contribution >= 4 is 11.4 Å². The van der Waals surface area contributed by atoms with Gasteiger partial charge in [-0.05, 0) is 53.6 Å². The van der Waals surface area contributed by atoms with Crippen molar-refractivity contribution in [1.29, 1.82) is 0 Å². The molecule has 1 aliphatic heterocycles. The number of nitrogen functional groups attached to an aromatic ring is 1. The second-order valence-electron chi connectivity index (χ2n) is 7.24. The van der Waals surface area contributed by atoms with E-state index in [0.717, 1.165) is 11.1 Å². The van der Waals surface area contributed by atoms with Gasteiger partial charge in [-0.3, -0.25) is 4.90 Å². The molecule has 150 valence electrons. The van der Waals surface area contributed by atoms with E-state index in [1.54, 1.807) is 36.4 Å². The van der Waals surface area contributed by atoms with Gasteiger partial charge in [-0.1, -0.05) is 24.3 Å². The van der Waals surface area contributed by atoms with Crippen molar-refractivity contribution < 1.29 is 13.2 Å². The van der Waals surface area contributed by atoms with Crippen LogP contribution >= 0.6 is 0 Å². The molecule has 0 amide bonds. The van der Waals surface area contributed by atoms with Crippen LogP contribution in [0.5, 0.6) is 0 Å². The molecule has 0 spiro atoms. The number of hydrogen-bond acceptors (Lipinski definition) is 3. The second kappa shape index (κ2) is 8.17. The van der Waals surface area contributed by atoms with Gasteiger partial charge in [0.15, 0.2) is 0 Å². The maximum Gasteiger partial charge on any atom is 0.148 e. The minimum absolute atomic E-state index is 0.130. The summed E-state index contributed by atoms with van der Waals surface area (Å²) in [5.74, 6) is -0.919. The van der Waals surface area contributed by atoms with Gasteiger partial charge in [-0.15, -0.1) is 0 Å². The highest BCUT2D eigenvalue weighted by atomic mass is 19.1. The Balaban J connectivity index is 1.57. The lowest BCUT2D eigenvalue weighted by Crippen LogP contribution is -2.48. The first-order valence-electron chi connectivity index (χ1n) is 9.56. The fraction of sp³-hybridized carbons (Fsp3) is 0.217. The molecular formula is C23H22F3N3. The monoisotopic (exact) mass is 397 g/mol. The van der Waals surface area contributed by atoms with Gasteiger partial charge in [0.1, 0.15) is 17.5 Å². The number of anilines is 2. The van der Waals surface area contributed by atoms with Gasteiger partial charge in [0, 0.05) is 31.9 Å². The van der Waals surface area contributed by atoms with Gasteiger partial charge < -0.3 is 10.6 Å². The summed E-state index contributed by atoms with van der Waals surface area (Å²) in [7, 11) is 0. The summed E-state index contributed by atoms with van der Waals surface area (Å²) < 4.78 is 41.2. The standard InChI is InChI=1S/C23H22F3N3/c24-18-5-1-16(2-6-18)23(17-3-7-19(25)8-4-17)29-13-11-28(12-14-29)22-10-9-20(27)15-21(22)26/h1-10,15,23H,11-14,27H2. The van der Waals surface area contributed by atoms with Crippen molar-refractivity contribution in [3.8, 4) is 0 Å². The molecule has 1 saturated heterocycles. The van der Waals surface area contributed by atoms with Crippen LogP contribution in [0, 0.1) is 17.5 Å². The molecule has 2 N–H and O–H groups in total. The maximum absolute atomic E-state index is 14.3. The minimum atomic E-state index is -0.327. The lowest BCUT2D eigenvalue weighted by atomic mass is 9.96. The van der Waals surface area contributed by atoms with Crippen LogP contribution in [-0.2, 0) is 0 Å². The molecule has 0 radical (unpaired) electrons. The van der Waals surface area contributed by atoms with Crippen LogP contribution < -0.4 is 10.6 Å². The van der Waals surface area contributed by atoms with Gasteiger partial charge in [0.05, 0.1) is 11.7 Å². The molecule has 29 heavy (non-hydrogen) atoms. The highest BCUT2D eigenvalue weighted by Crippen LogP contribution is 2.31. The fourth-order valence-electron chi connectivity index (χ4n) is 3.90. The number of piperazine rings is 1. The van der Waals surface area contributed by atoms with E-state index in [1.165, 1.54) is 30.3 Å². The SMILES string of the molecule is Nc1ccc(N2CCN(C(c3ccc(F)cc3)c3ccc(F)cc3)CC2)c(F)c1. The normalized spacial score (nSPS) is 15.1. The lowest BCUT2D eigenvalue weighted by molar-refractivity contribution is 0.212. The number of rotatable bonds is 4. The van der Waals surface area contributed by atoms with Gasteiger partial charge in [0.25, 0.3) is 0 Å². The lowest BCUT2D eigenvalue weighted by Gasteiger charge is -2.40. The zero-order valence-corrected chi connectivity index (χ0v) is 15.9. The Kier molecular flexibility index (Phi) is 5.45. The molecule has 3 nitrogen and oxygen atoms in total. The number of nitrogens with two attached hydrogens (primary N) is 1. The molecule has 0 unspecified atom stereocenters. The first kappa shape index (κ1) is 19.3. The van der Waals surface area contributed by atoms with E-state index in [1.807, 2.05) is 4.90 Å². The van der Waals surface area contributed by atoms with Crippen molar-refractivity contribution in [3.05, 3.63) is 95.3 Å². The molecule has 0 aliphatic carbocycles. The maximum atomic E-state index is 14.3. The Bertz CT molecular complexity index is 920. The van der Waals surface area contributed by atoms with Crippen LogP contribution in [0.2, 0.25) is 0 Å². The third kappa shape index (κ3) is 4.22. The smallest absolute Gasteiger partial charge is 0.148 e. The van der Waals surface area contributed by atoms with Gasteiger partial charge in [-0.25, -0.2) is 13.2 Å². The molecule has 0 aromatic heterocycles. The van der Waals surface area contributed by atoms with E-state index in [4.69, 9.17) is 5.73 Å². The molecule has 1 fully saturated rings. The van der Waals surface area contributed by atoms with E-state index < -0.39 is 0 Å². The van der Waals surface area contributed by atoms with Crippen LogP contribution in [0.3, 0.4) is 0 Å². The Labute approximate surface area is 168 Å². The van der Waals surface area contributed by atoms with E-state index in [-0.39, 0.29) is 23.5 Å². The Morgan fingerprint density at radius 1 is 0.690 bits per heavy atom. The van der Waals surface area contributed by atoms with Crippen molar-refractivity contribution in [1.82, 2.24) is 4.90 Å². The van der Waals surface area contributed by atoms with Gasteiger partial charge >= 0.3 is 0 Å². The third-order valence-electron chi connectivity index (χ3n) is 5.36. The van der Waals surface area contributed by atoms with Crippen LogP contribution in [0.1, 0.15) is 17.2 Å². The summed E-state index contributed by atoms with van der Waals surface area (Å²) in [5.41, 5.74) is 8.46. The quantitative estimate of drug-likeness (QED) is 0.653. The largest absolute Gasteiger partial charge is 0.399 e. The van der Waals surface area contributed by atoms with Crippen molar-refractivity contribution in [2.24, 2.45) is 0 Å².